The number of aromatic nitrogens is 1. The Morgan fingerprint density at radius 2 is 2.00 bits per heavy atom. The zero-order chi connectivity index (χ0) is 16.3. The van der Waals surface area contributed by atoms with E-state index in [1.54, 1.807) is 18.2 Å². The number of hydrogen-bond donors (Lipinski definition) is 2. The number of nitrogens with zero attached hydrogens (tertiary/aromatic N) is 1. The lowest BCUT2D eigenvalue weighted by atomic mass is 9.87. The van der Waals surface area contributed by atoms with Crippen molar-refractivity contribution in [2.24, 2.45) is 5.41 Å². The van der Waals surface area contributed by atoms with Gasteiger partial charge in [-0.2, -0.15) is 0 Å². The Kier molecular flexibility index (Phi) is 4.68. The minimum absolute atomic E-state index is 0.0993. The summed E-state index contributed by atoms with van der Waals surface area (Å²) in [5.74, 6) is 0.234. The highest BCUT2D eigenvalue weighted by Gasteiger charge is 2.33. The molecule has 1 fully saturated rings. The molecule has 1 aliphatic carbocycles. The maximum Gasteiger partial charge on any atom is 0.273 e. The first kappa shape index (κ1) is 16.0. The van der Waals surface area contributed by atoms with Gasteiger partial charge in [0.1, 0.15) is 0 Å². The molecule has 2 aromatic rings. The van der Waals surface area contributed by atoms with E-state index < -0.39 is 0 Å². The summed E-state index contributed by atoms with van der Waals surface area (Å²) in [6.45, 7) is 0.563. The molecule has 3 rings (SSSR count). The van der Waals surface area contributed by atoms with E-state index in [1.165, 1.54) is 0 Å². The van der Waals surface area contributed by atoms with Gasteiger partial charge in [0.2, 0.25) is 0 Å². The molecule has 1 aliphatic rings. The van der Waals surface area contributed by atoms with Gasteiger partial charge in [-0.15, -0.1) is 0 Å². The second kappa shape index (κ2) is 6.72. The number of rotatable bonds is 5. The molecule has 0 aliphatic heterocycles. The Morgan fingerprint density at radius 1 is 1.30 bits per heavy atom. The predicted octanol–water partition coefficient (Wildman–Crippen LogP) is 3.28. The quantitative estimate of drug-likeness (QED) is 0.880. The second-order valence-electron chi connectivity index (χ2n) is 6.13. The molecule has 1 aromatic carbocycles. The molecule has 6 heteroatoms. The summed E-state index contributed by atoms with van der Waals surface area (Å²) in [7, 11) is 0. The van der Waals surface area contributed by atoms with Crippen molar-refractivity contribution in [3.05, 3.63) is 41.0 Å². The van der Waals surface area contributed by atoms with Crippen LogP contribution >= 0.6 is 11.6 Å². The maximum atomic E-state index is 12.2. The summed E-state index contributed by atoms with van der Waals surface area (Å²) in [5.41, 5.74) is 0.864. The first-order chi connectivity index (χ1) is 11.1. The topological polar surface area (TPSA) is 75.4 Å². The fourth-order valence-electron chi connectivity index (χ4n) is 3.01. The van der Waals surface area contributed by atoms with Crippen molar-refractivity contribution in [3.8, 4) is 11.3 Å². The Labute approximate surface area is 139 Å². The average Bonchev–Trinajstić information content (AvgIpc) is 3.23. The Bertz CT molecular complexity index is 675. The SMILES string of the molecule is O=C(NCC1(CO)CCCC1)c1cc(-c2ccc(Cl)cc2)on1. The van der Waals surface area contributed by atoms with Crippen molar-refractivity contribution < 1.29 is 14.4 Å². The average molecular weight is 335 g/mol. The van der Waals surface area contributed by atoms with Crippen molar-refractivity contribution in [2.75, 3.05) is 13.2 Å². The molecule has 1 saturated carbocycles. The Hall–Kier alpha value is -1.85. The van der Waals surface area contributed by atoms with Crippen LogP contribution in [0.4, 0.5) is 0 Å². The monoisotopic (exact) mass is 334 g/mol. The number of halogens is 1. The van der Waals surface area contributed by atoms with Crippen LogP contribution in [0.25, 0.3) is 11.3 Å². The van der Waals surface area contributed by atoms with Crippen LogP contribution in [-0.4, -0.2) is 29.3 Å². The van der Waals surface area contributed by atoms with Crippen LogP contribution in [0.3, 0.4) is 0 Å². The normalized spacial score (nSPS) is 16.4. The predicted molar refractivity (Wildman–Crippen MR) is 87.3 cm³/mol. The maximum absolute atomic E-state index is 12.2. The number of aliphatic hydroxyl groups excluding tert-OH is 1. The van der Waals surface area contributed by atoms with Crippen molar-refractivity contribution >= 4 is 17.5 Å². The van der Waals surface area contributed by atoms with E-state index in [4.69, 9.17) is 16.1 Å². The largest absolute Gasteiger partial charge is 0.396 e. The van der Waals surface area contributed by atoms with Gasteiger partial charge in [-0.25, -0.2) is 0 Å². The zero-order valence-corrected chi connectivity index (χ0v) is 13.5. The van der Waals surface area contributed by atoms with Gasteiger partial charge in [-0.05, 0) is 37.1 Å². The number of nitrogens with one attached hydrogen (secondary N) is 1. The molecule has 0 bridgehead atoms. The number of aliphatic hydroxyl groups is 1. The Balaban J connectivity index is 1.65. The molecule has 0 saturated heterocycles. The van der Waals surface area contributed by atoms with Crippen molar-refractivity contribution in [1.29, 1.82) is 0 Å². The van der Waals surface area contributed by atoms with Gasteiger partial charge < -0.3 is 14.9 Å². The van der Waals surface area contributed by atoms with E-state index in [0.29, 0.717) is 17.3 Å². The van der Waals surface area contributed by atoms with Crippen molar-refractivity contribution in [2.45, 2.75) is 25.7 Å². The van der Waals surface area contributed by atoms with Gasteiger partial charge in [0, 0.05) is 28.6 Å². The van der Waals surface area contributed by atoms with Gasteiger partial charge in [-0.1, -0.05) is 29.6 Å². The summed E-state index contributed by atoms with van der Waals surface area (Å²) >= 11 is 5.85. The van der Waals surface area contributed by atoms with Crippen LogP contribution < -0.4 is 5.32 Å². The number of carbonyl (C=O) groups excluding carboxylic acids is 1. The number of benzene rings is 1. The lowest BCUT2D eigenvalue weighted by Gasteiger charge is -2.26. The smallest absolute Gasteiger partial charge is 0.273 e. The molecule has 23 heavy (non-hydrogen) atoms. The minimum atomic E-state index is -0.284. The fraction of sp³-hybridized carbons (Fsp3) is 0.412. The lowest BCUT2D eigenvalue weighted by Crippen LogP contribution is -2.38. The van der Waals surface area contributed by atoms with Crippen molar-refractivity contribution in [1.82, 2.24) is 10.5 Å². The van der Waals surface area contributed by atoms with Gasteiger partial charge in [-0.3, -0.25) is 4.79 Å². The molecule has 5 nitrogen and oxygen atoms in total. The van der Waals surface area contributed by atoms with Gasteiger partial charge in [0.25, 0.3) is 5.91 Å². The van der Waals surface area contributed by atoms with E-state index in [-0.39, 0.29) is 23.6 Å². The van der Waals surface area contributed by atoms with Crippen LogP contribution in [0.15, 0.2) is 34.9 Å². The fourth-order valence-corrected chi connectivity index (χ4v) is 3.13. The molecular weight excluding hydrogens is 316 g/mol. The van der Waals surface area contributed by atoms with E-state index in [0.717, 1.165) is 31.2 Å². The molecule has 122 valence electrons. The molecule has 0 radical (unpaired) electrons. The van der Waals surface area contributed by atoms with Crippen molar-refractivity contribution in [3.63, 3.8) is 0 Å². The highest BCUT2D eigenvalue weighted by atomic mass is 35.5. The third-order valence-corrected chi connectivity index (χ3v) is 4.75. The highest BCUT2D eigenvalue weighted by molar-refractivity contribution is 6.30. The van der Waals surface area contributed by atoms with E-state index >= 15 is 0 Å². The first-order valence-electron chi connectivity index (χ1n) is 7.74. The third-order valence-electron chi connectivity index (χ3n) is 4.50. The van der Waals surface area contributed by atoms with Crippen LogP contribution in [0, 0.1) is 5.41 Å². The molecule has 1 amide bonds. The van der Waals surface area contributed by atoms with Gasteiger partial charge >= 0.3 is 0 Å². The third kappa shape index (κ3) is 3.57. The highest BCUT2D eigenvalue weighted by Crippen LogP contribution is 2.36. The molecule has 0 unspecified atom stereocenters. The number of carbonyl (C=O) groups is 1. The van der Waals surface area contributed by atoms with Crippen LogP contribution in [0.1, 0.15) is 36.2 Å². The van der Waals surface area contributed by atoms with Crippen LogP contribution in [0.5, 0.6) is 0 Å². The number of amides is 1. The molecule has 1 heterocycles. The first-order valence-corrected chi connectivity index (χ1v) is 8.11. The van der Waals surface area contributed by atoms with E-state index in [2.05, 4.69) is 10.5 Å². The van der Waals surface area contributed by atoms with E-state index in [1.807, 2.05) is 12.1 Å². The molecule has 2 N–H and O–H groups in total. The van der Waals surface area contributed by atoms with Gasteiger partial charge in [0.05, 0.1) is 6.61 Å². The van der Waals surface area contributed by atoms with Crippen LogP contribution in [-0.2, 0) is 0 Å². The summed E-state index contributed by atoms with van der Waals surface area (Å²) in [5, 5.41) is 16.9. The lowest BCUT2D eigenvalue weighted by molar-refractivity contribution is 0.0872. The second-order valence-corrected chi connectivity index (χ2v) is 6.57. The molecule has 0 atom stereocenters. The minimum Gasteiger partial charge on any atom is -0.396 e. The molecular formula is C17H19ClN2O3. The number of hydrogen-bond acceptors (Lipinski definition) is 4. The summed E-state index contributed by atoms with van der Waals surface area (Å²) in [6, 6.07) is 8.74. The van der Waals surface area contributed by atoms with Gasteiger partial charge in [0.15, 0.2) is 11.5 Å². The zero-order valence-electron chi connectivity index (χ0n) is 12.7. The van der Waals surface area contributed by atoms with E-state index in [9.17, 15) is 9.90 Å². The van der Waals surface area contributed by atoms with Crippen LogP contribution in [0.2, 0.25) is 5.02 Å². The Morgan fingerprint density at radius 3 is 2.65 bits per heavy atom. The summed E-state index contributed by atoms with van der Waals surface area (Å²) < 4.78 is 5.23. The molecule has 0 spiro atoms. The molecule has 1 aromatic heterocycles. The summed E-state index contributed by atoms with van der Waals surface area (Å²) in [6.07, 6.45) is 4.08. The summed E-state index contributed by atoms with van der Waals surface area (Å²) in [4.78, 5) is 12.2. The standard InChI is InChI=1S/C17H19ClN2O3/c18-13-5-3-12(4-6-13)15-9-14(20-23-15)16(22)19-10-17(11-21)7-1-2-8-17/h3-6,9,21H,1-2,7-8,10-11H2,(H,19,22).